The number of carbonyl (C=O) groups excluding carboxylic acids is 2. The van der Waals surface area contributed by atoms with Crippen LogP contribution >= 0.6 is 0 Å². The van der Waals surface area contributed by atoms with Crippen LogP contribution in [-0.2, 0) is 14.3 Å². The van der Waals surface area contributed by atoms with Crippen LogP contribution in [0.2, 0.25) is 0 Å². The number of methoxy groups -OCH3 is 3. The molecule has 0 saturated heterocycles. The van der Waals surface area contributed by atoms with Crippen LogP contribution in [0.5, 0.6) is 17.2 Å². The second-order valence-electron chi connectivity index (χ2n) is 5.81. The molecule has 0 radical (unpaired) electrons. The minimum Gasteiger partial charge on any atom is -0.495 e. The third-order valence-corrected chi connectivity index (χ3v) is 3.79. The molecular weight excluding hydrogens is 362 g/mol. The van der Waals surface area contributed by atoms with Crippen molar-refractivity contribution in [2.45, 2.75) is 6.92 Å². The summed E-state index contributed by atoms with van der Waals surface area (Å²) in [6.45, 7) is 1.49. The lowest BCUT2D eigenvalue weighted by Gasteiger charge is -2.11. The molecule has 0 aliphatic heterocycles. The van der Waals surface area contributed by atoms with E-state index >= 15 is 0 Å². The molecule has 0 saturated carbocycles. The van der Waals surface area contributed by atoms with Gasteiger partial charge in [-0.05, 0) is 48.4 Å². The van der Waals surface area contributed by atoms with Crippen molar-refractivity contribution in [1.82, 2.24) is 0 Å². The summed E-state index contributed by atoms with van der Waals surface area (Å²) in [7, 11) is 4.59. The summed E-state index contributed by atoms with van der Waals surface area (Å²) in [6.07, 6.45) is 2.80. The number of hydrogen-bond acceptors (Lipinski definition) is 6. The maximum absolute atomic E-state index is 12.0. The first kappa shape index (κ1) is 20.8. The Kier molecular flexibility index (Phi) is 7.45. The van der Waals surface area contributed by atoms with Crippen LogP contribution < -0.4 is 19.5 Å². The average Bonchev–Trinajstić information content (AvgIpc) is 2.70. The van der Waals surface area contributed by atoms with E-state index in [0.29, 0.717) is 22.9 Å². The van der Waals surface area contributed by atoms with Crippen molar-refractivity contribution in [3.63, 3.8) is 0 Å². The van der Waals surface area contributed by atoms with E-state index in [1.54, 1.807) is 43.5 Å². The Balaban J connectivity index is 1.91. The summed E-state index contributed by atoms with van der Waals surface area (Å²) in [5, 5.41) is 2.66. The van der Waals surface area contributed by atoms with Gasteiger partial charge in [-0.3, -0.25) is 4.79 Å². The van der Waals surface area contributed by atoms with Crippen molar-refractivity contribution in [2.75, 3.05) is 33.3 Å². The van der Waals surface area contributed by atoms with Crippen LogP contribution in [0.1, 0.15) is 11.1 Å². The number of hydrogen-bond donors (Lipinski definition) is 1. The Bertz CT molecular complexity index is 875. The molecule has 0 aliphatic rings. The molecule has 2 aromatic rings. The lowest BCUT2D eigenvalue weighted by Crippen LogP contribution is -2.20. The van der Waals surface area contributed by atoms with Gasteiger partial charge in [-0.15, -0.1) is 0 Å². The highest BCUT2D eigenvalue weighted by molar-refractivity contribution is 5.95. The van der Waals surface area contributed by atoms with E-state index in [2.05, 4.69) is 5.32 Å². The van der Waals surface area contributed by atoms with Gasteiger partial charge in [-0.2, -0.15) is 0 Å². The zero-order valence-electron chi connectivity index (χ0n) is 16.3. The molecule has 0 atom stereocenters. The van der Waals surface area contributed by atoms with E-state index in [1.165, 1.54) is 20.3 Å². The highest BCUT2D eigenvalue weighted by atomic mass is 16.5. The van der Waals surface area contributed by atoms with Crippen LogP contribution in [0.15, 0.2) is 42.5 Å². The van der Waals surface area contributed by atoms with Gasteiger partial charge in [0.1, 0.15) is 5.75 Å². The molecule has 1 amide bonds. The number of aryl methyl sites for hydroxylation is 1. The van der Waals surface area contributed by atoms with Crippen molar-refractivity contribution in [3.8, 4) is 17.2 Å². The SMILES string of the molecule is COc1ccc(C)cc1NC(=O)COC(=O)/C=C/c1ccc(OC)c(OC)c1. The molecule has 7 nitrogen and oxygen atoms in total. The van der Waals surface area contributed by atoms with Gasteiger partial charge >= 0.3 is 5.97 Å². The Labute approximate surface area is 163 Å². The third kappa shape index (κ3) is 5.77. The van der Waals surface area contributed by atoms with Crippen LogP contribution in [-0.4, -0.2) is 39.8 Å². The molecular formula is C21H23NO6. The summed E-state index contributed by atoms with van der Waals surface area (Å²) in [5.41, 5.74) is 2.21. The molecule has 2 aromatic carbocycles. The smallest absolute Gasteiger partial charge is 0.331 e. The number of nitrogens with one attached hydrogen (secondary N) is 1. The lowest BCUT2D eigenvalue weighted by atomic mass is 10.2. The molecule has 0 bridgehead atoms. The Morgan fingerprint density at radius 3 is 2.29 bits per heavy atom. The summed E-state index contributed by atoms with van der Waals surface area (Å²) >= 11 is 0. The zero-order valence-corrected chi connectivity index (χ0v) is 16.3. The van der Waals surface area contributed by atoms with Crippen molar-refractivity contribution in [3.05, 3.63) is 53.6 Å². The van der Waals surface area contributed by atoms with Crippen LogP contribution in [0.3, 0.4) is 0 Å². The molecule has 7 heteroatoms. The average molecular weight is 385 g/mol. The second-order valence-corrected chi connectivity index (χ2v) is 5.81. The molecule has 2 rings (SSSR count). The maximum atomic E-state index is 12.0. The number of esters is 1. The van der Waals surface area contributed by atoms with Crippen molar-refractivity contribution in [1.29, 1.82) is 0 Å². The third-order valence-electron chi connectivity index (χ3n) is 3.79. The largest absolute Gasteiger partial charge is 0.495 e. The molecule has 148 valence electrons. The quantitative estimate of drug-likeness (QED) is 0.555. The molecule has 0 unspecified atom stereocenters. The predicted octanol–water partition coefficient (Wildman–Crippen LogP) is 3.22. The highest BCUT2D eigenvalue weighted by Gasteiger charge is 2.10. The Morgan fingerprint density at radius 2 is 1.61 bits per heavy atom. The minimum absolute atomic E-state index is 0.411. The molecule has 28 heavy (non-hydrogen) atoms. The number of rotatable bonds is 8. The number of amides is 1. The van der Waals surface area contributed by atoms with Crippen LogP contribution in [0.25, 0.3) is 6.08 Å². The fourth-order valence-electron chi connectivity index (χ4n) is 2.41. The highest BCUT2D eigenvalue weighted by Crippen LogP contribution is 2.28. The van der Waals surface area contributed by atoms with Gasteiger partial charge in [0.05, 0.1) is 27.0 Å². The van der Waals surface area contributed by atoms with E-state index < -0.39 is 18.5 Å². The molecule has 0 heterocycles. The normalized spacial score (nSPS) is 10.4. The van der Waals surface area contributed by atoms with E-state index in [1.807, 2.05) is 13.0 Å². The predicted molar refractivity (Wildman–Crippen MR) is 106 cm³/mol. The van der Waals surface area contributed by atoms with Gasteiger partial charge in [-0.25, -0.2) is 4.79 Å². The molecule has 0 spiro atoms. The van der Waals surface area contributed by atoms with Gasteiger partial charge in [0.2, 0.25) is 0 Å². The number of carbonyl (C=O) groups is 2. The van der Waals surface area contributed by atoms with Crippen LogP contribution in [0.4, 0.5) is 5.69 Å². The van der Waals surface area contributed by atoms with Crippen molar-refractivity contribution in [2.24, 2.45) is 0 Å². The van der Waals surface area contributed by atoms with Gasteiger partial charge in [0.15, 0.2) is 18.1 Å². The topological polar surface area (TPSA) is 83.1 Å². The molecule has 0 aromatic heterocycles. The maximum Gasteiger partial charge on any atom is 0.331 e. The molecule has 1 N–H and O–H groups in total. The van der Waals surface area contributed by atoms with Crippen molar-refractivity contribution >= 4 is 23.6 Å². The summed E-state index contributed by atoms with van der Waals surface area (Å²) in [4.78, 5) is 23.9. The first-order valence-electron chi connectivity index (χ1n) is 8.48. The second kappa shape index (κ2) is 10.0. The zero-order chi connectivity index (χ0) is 20.5. The first-order valence-corrected chi connectivity index (χ1v) is 8.48. The molecule has 0 fully saturated rings. The first-order chi connectivity index (χ1) is 13.5. The molecule has 0 aliphatic carbocycles. The number of anilines is 1. The fourth-order valence-corrected chi connectivity index (χ4v) is 2.41. The summed E-state index contributed by atoms with van der Waals surface area (Å²) in [5.74, 6) is 0.562. The van der Waals surface area contributed by atoms with Gasteiger partial charge < -0.3 is 24.3 Å². The number of ether oxygens (including phenoxy) is 4. The van der Waals surface area contributed by atoms with E-state index in [0.717, 1.165) is 11.1 Å². The minimum atomic E-state index is -0.638. The van der Waals surface area contributed by atoms with Gasteiger partial charge in [-0.1, -0.05) is 12.1 Å². The lowest BCUT2D eigenvalue weighted by molar-refractivity contribution is -0.142. The number of benzene rings is 2. The summed E-state index contributed by atoms with van der Waals surface area (Å²) in [6, 6.07) is 10.6. The summed E-state index contributed by atoms with van der Waals surface area (Å²) < 4.78 is 20.5. The standard InChI is InChI=1S/C21H23NO6/c1-14-5-8-17(25-2)16(11-14)22-20(23)13-28-21(24)10-7-15-6-9-18(26-3)19(12-15)27-4/h5-12H,13H2,1-4H3,(H,22,23)/b10-7+. The van der Waals surface area contributed by atoms with E-state index in [4.69, 9.17) is 18.9 Å². The van der Waals surface area contributed by atoms with E-state index in [-0.39, 0.29) is 0 Å². The van der Waals surface area contributed by atoms with E-state index in [9.17, 15) is 9.59 Å². The van der Waals surface area contributed by atoms with Crippen molar-refractivity contribution < 1.29 is 28.5 Å². The fraction of sp³-hybridized carbons (Fsp3) is 0.238. The monoisotopic (exact) mass is 385 g/mol. The van der Waals surface area contributed by atoms with Gasteiger partial charge in [0.25, 0.3) is 5.91 Å². The Morgan fingerprint density at radius 1 is 0.929 bits per heavy atom. The Hall–Kier alpha value is -3.48. The van der Waals surface area contributed by atoms with Crippen LogP contribution in [0, 0.1) is 6.92 Å². The van der Waals surface area contributed by atoms with Gasteiger partial charge in [0, 0.05) is 6.08 Å².